The van der Waals surface area contributed by atoms with Gasteiger partial charge in [-0.2, -0.15) is 0 Å². The minimum Gasteiger partial charge on any atom is -0.508 e. The first kappa shape index (κ1) is 13.0. The van der Waals surface area contributed by atoms with E-state index in [1.54, 1.807) is 36.1 Å². The van der Waals surface area contributed by atoms with Crippen LogP contribution in [-0.2, 0) is 0 Å². The summed E-state index contributed by atoms with van der Waals surface area (Å²) >= 11 is 0. The van der Waals surface area contributed by atoms with Crippen molar-refractivity contribution in [2.24, 2.45) is 0 Å². The van der Waals surface area contributed by atoms with Crippen LogP contribution in [0.5, 0.6) is 5.75 Å². The highest BCUT2D eigenvalue weighted by Crippen LogP contribution is 2.17. The van der Waals surface area contributed by atoms with E-state index in [9.17, 15) is 9.90 Å². The third-order valence-electron chi connectivity index (χ3n) is 2.43. The highest BCUT2D eigenvalue weighted by Gasteiger charge is 2.15. The fourth-order valence-corrected chi connectivity index (χ4v) is 1.61. The molecule has 1 N–H and O–H groups in total. The Morgan fingerprint density at radius 2 is 1.94 bits per heavy atom. The summed E-state index contributed by atoms with van der Waals surface area (Å²) in [7, 11) is 0. The predicted molar refractivity (Wildman–Crippen MR) is 69.1 cm³/mol. The smallest absolute Gasteiger partial charge is 0.254 e. The number of aryl methyl sites for hydroxylation is 1. The SMILES string of the molecule is C=CCN(CC=C)C(=O)c1ccc(O)cc1C. The molecule has 0 saturated carbocycles. The first-order valence-corrected chi connectivity index (χ1v) is 5.40. The fraction of sp³-hybridized carbons (Fsp3) is 0.214. The van der Waals surface area contributed by atoms with Crippen LogP contribution in [0.25, 0.3) is 0 Å². The highest BCUT2D eigenvalue weighted by atomic mass is 16.3. The van der Waals surface area contributed by atoms with Gasteiger partial charge in [0.1, 0.15) is 5.75 Å². The van der Waals surface area contributed by atoms with Crippen LogP contribution in [0.3, 0.4) is 0 Å². The van der Waals surface area contributed by atoms with Gasteiger partial charge < -0.3 is 10.0 Å². The lowest BCUT2D eigenvalue weighted by molar-refractivity contribution is 0.0790. The standard InChI is InChI=1S/C14H17NO2/c1-4-8-15(9-5-2)14(17)13-7-6-12(16)10-11(13)3/h4-7,10,16H,1-2,8-9H2,3H3. The molecule has 0 heterocycles. The van der Waals surface area contributed by atoms with E-state index in [1.807, 2.05) is 0 Å². The highest BCUT2D eigenvalue weighted by molar-refractivity contribution is 5.96. The maximum Gasteiger partial charge on any atom is 0.254 e. The molecule has 90 valence electrons. The zero-order valence-electron chi connectivity index (χ0n) is 10.0. The van der Waals surface area contributed by atoms with Gasteiger partial charge in [0, 0.05) is 18.7 Å². The van der Waals surface area contributed by atoms with Gasteiger partial charge in [-0.25, -0.2) is 0 Å². The molecule has 0 radical (unpaired) electrons. The molecule has 3 heteroatoms. The van der Waals surface area contributed by atoms with Crippen LogP contribution in [0.15, 0.2) is 43.5 Å². The zero-order chi connectivity index (χ0) is 12.8. The van der Waals surface area contributed by atoms with Crippen molar-refractivity contribution in [2.75, 3.05) is 13.1 Å². The Kier molecular flexibility index (Phi) is 4.52. The summed E-state index contributed by atoms with van der Waals surface area (Å²) in [6, 6.07) is 4.72. The van der Waals surface area contributed by atoms with Gasteiger partial charge in [-0.15, -0.1) is 13.2 Å². The van der Waals surface area contributed by atoms with Gasteiger partial charge in [0.25, 0.3) is 5.91 Å². The second kappa shape index (κ2) is 5.89. The summed E-state index contributed by atoms with van der Waals surface area (Å²) in [5, 5.41) is 9.31. The summed E-state index contributed by atoms with van der Waals surface area (Å²) < 4.78 is 0. The van der Waals surface area contributed by atoms with Crippen molar-refractivity contribution < 1.29 is 9.90 Å². The van der Waals surface area contributed by atoms with E-state index >= 15 is 0 Å². The van der Waals surface area contributed by atoms with Gasteiger partial charge in [0.15, 0.2) is 0 Å². The van der Waals surface area contributed by atoms with Crippen molar-refractivity contribution in [3.63, 3.8) is 0 Å². The zero-order valence-corrected chi connectivity index (χ0v) is 10.0. The molecule has 0 atom stereocenters. The number of nitrogens with zero attached hydrogens (tertiary/aromatic N) is 1. The van der Waals surface area contributed by atoms with E-state index in [2.05, 4.69) is 13.2 Å². The lowest BCUT2D eigenvalue weighted by Crippen LogP contribution is -2.31. The van der Waals surface area contributed by atoms with Crippen molar-refractivity contribution in [2.45, 2.75) is 6.92 Å². The van der Waals surface area contributed by atoms with Crippen molar-refractivity contribution in [1.82, 2.24) is 4.90 Å². The van der Waals surface area contributed by atoms with E-state index in [0.717, 1.165) is 5.56 Å². The summed E-state index contributed by atoms with van der Waals surface area (Å²) in [5.74, 6) is 0.0836. The van der Waals surface area contributed by atoms with Gasteiger partial charge in [0.2, 0.25) is 0 Å². The van der Waals surface area contributed by atoms with Gasteiger partial charge >= 0.3 is 0 Å². The number of carbonyl (C=O) groups excluding carboxylic acids is 1. The molecule has 0 aliphatic rings. The number of amides is 1. The Labute approximate surface area is 102 Å². The molecule has 1 amide bonds. The van der Waals surface area contributed by atoms with E-state index in [-0.39, 0.29) is 11.7 Å². The monoisotopic (exact) mass is 231 g/mol. The molecule has 1 rings (SSSR count). The van der Waals surface area contributed by atoms with Crippen LogP contribution >= 0.6 is 0 Å². The van der Waals surface area contributed by atoms with Crippen LogP contribution in [0.4, 0.5) is 0 Å². The largest absolute Gasteiger partial charge is 0.508 e. The van der Waals surface area contributed by atoms with Crippen molar-refractivity contribution in [3.8, 4) is 5.75 Å². The summed E-state index contributed by atoms with van der Waals surface area (Å²) in [6.07, 6.45) is 3.36. The number of phenols is 1. The average molecular weight is 231 g/mol. The minimum absolute atomic E-state index is 0.0812. The second-order valence-corrected chi connectivity index (χ2v) is 3.79. The molecule has 0 aromatic heterocycles. The molecule has 1 aromatic rings. The number of rotatable bonds is 5. The summed E-state index contributed by atoms with van der Waals surface area (Å²) in [5.41, 5.74) is 1.35. The molecule has 1 aromatic carbocycles. The molecule has 0 aliphatic carbocycles. The molecule has 17 heavy (non-hydrogen) atoms. The molecule has 0 aliphatic heterocycles. The Morgan fingerprint density at radius 1 is 1.35 bits per heavy atom. The number of hydrogen-bond acceptors (Lipinski definition) is 2. The Morgan fingerprint density at radius 3 is 2.41 bits per heavy atom. The van der Waals surface area contributed by atoms with Crippen LogP contribution in [0.1, 0.15) is 15.9 Å². The normalized spacial score (nSPS) is 9.71. The Balaban J connectivity index is 2.99. The number of benzene rings is 1. The molecule has 0 bridgehead atoms. The van der Waals surface area contributed by atoms with Crippen molar-refractivity contribution in [3.05, 3.63) is 54.6 Å². The lowest BCUT2D eigenvalue weighted by Gasteiger charge is -2.20. The second-order valence-electron chi connectivity index (χ2n) is 3.79. The van der Waals surface area contributed by atoms with Crippen molar-refractivity contribution in [1.29, 1.82) is 0 Å². The third kappa shape index (κ3) is 3.21. The molecule has 0 saturated heterocycles. The summed E-state index contributed by atoms with van der Waals surface area (Å²) in [4.78, 5) is 13.8. The maximum absolute atomic E-state index is 12.2. The number of hydrogen-bond donors (Lipinski definition) is 1. The van der Waals surface area contributed by atoms with Crippen molar-refractivity contribution >= 4 is 5.91 Å². The first-order chi connectivity index (χ1) is 8.10. The Bertz CT molecular complexity index is 428. The minimum atomic E-state index is -0.0812. The number of carbonyl (C=O) groups is 1. The maximum atomic E-state index is 12.2. The van der Waals surface area contributed by atoms with Gasteiger partial charge in [-0.3, -0.25) is 4.79 Å². The van der Waals surface area contributed by atoms with Gasteiger partial charge in [0.05, 0.1) is 0 Å². The number of aromatic hydroxyl groups is 1. The van der Waals surface area contributed by atoms with Crippen LogP contribution < -0.4 is 0 Å². The van der Waals surface area contributed by atoms with E-state index in [1.165, 1.54) is 6.07 Å². The predicted octanol–water partition coefficient (Wildman–Crippen LogP) is 2.51. The topological polar surface area (TPSA) is 40.5 Å². The quantitative estimate of drug-likeness (QED) is 0.791. The number of phenolic OH excluding ortho intramolecular Hbond substituents is 1. The first-order valence-electron chi connectivity index (χ1n) is 5.40. The van der Waals surface area contributed by atoms with Crippen LogP contribution in [0, 0.1) is 6.92 Å². The molecular weight excluding hydrogens is 214 g/mol. The van der Waals surface area contributed by atoms with E-state index < -0.39 is 0 Å². The Hall–Kier alpha value is -2.03. The molecule has 3 nitrogen and oxygen atoms in total. The third-order valence-corrected chi connectivity index (χ3v) is 2.43. The van der Waals surface area contributed by atoms with Gasteiger partial charge in [-0.1, -0.05) is 12.2 Å². The molecule has 0 unspecified atom stereocenters. The van der Waals surface area contributed by atoms with Gasteiger partial charge in [-0.05, 0) is 30.7 Å². The average Bonchev–Trinajstić information content (AvgIpc) is 2.28. The van der Waals surface area contributed by atoms with E-state index in [4.69, 9.17) is 0 Å². The molecule has 0 spiro atoms. The molecular formula is C14H17NO2. The van der Waals surface area contributed by atoms with Crippen LogP contribution in [0.2, 0.25) is 0 Å². The van der Waals surface area contributed by atoms with Crippen LogP contribution in [-0.4, -0.2) is 29.0 Å². The molecule has 0 fully saturated rings. The fourth-order valence-electron chi connectivity index (χ4n) is 1.61. The summed E-state index contributed by atoms with van der Waals surface area (Å²) in [6.45, 7) is 10.0. The lowest BCUT2D eigenvalue weighted by atomic mass is 10.1. The van der Waals surface area contributed by atoms with E-state index in [0.29, 0.717) is 18.7 Å².